The lowest BCUT2D eigenvalue weighted by Crippen LogP contribution is -2.10. The fourth-order valence-corrected chi connectivity index (χ4v) is 3.18. The Balaban J connectivity index is 2.04. The second kappa shape index (κ2) is 3.61. The van der Waals surface area contributed by atoms with Gasteiger partial charge < -0.3 is 4.98 Å². The number of benzene rings is 2. The van der Waals surface area contributed by atoms with E-state index in [-0.39, 0.29) is 0 Å². The Labute approximate surface area is 107 Å². The van der Waals surface area contributed by atoms with Gasteiger partial charge in [-0.1, -0.05) is 24.6 Å². The molecule has 1 aromatic heterocycles. The van der Waals surface area contributed by atoms with Gasteiger partial charge in [-0.25, -0.2) is 0 Å². The first-order valence-electron chi connectivity index (χ1n) is 6.84. The van der Waals surface area contributed by atoms with Gasteiger partial charge in [0, 0.05) is 21.8 Å². The van der Waals surface area contributed by atoms with Gasteiger partial charge in [-0.05, 0) is 55.0 Å². The van der Waals surface area contributed by atoms with Gasteiger partial charge in [0.15, 0.2) is 0 Å². The number of aromatic amines is 1. The van der Waals surface area contributed by atoms with Crippen molar-refractivity contribution in [2.75, 3.05) is 0 Å². The van der Waals surface area contributed by atoms with Gasteiger partial charge in [0.2, 0.25) is 0 Å². The molecule has 1 heteroatoms. The predicted molar refractivity (Wildman–Crippen MR) is 77.1 cm³/mol. The summed E-state index contributed by atoms with van der Waals surface area (Å²) in [5, 5.41) is 2.74. The van der Waals surface area contributed by atoms with Crippen LogP contribution in [0.1, 0.15) is 36.3 Å². The Hall–Kier alpha value is -1.76. The number of H-pyrrole nitrogens is 1. The van der Waals surface area contributed by atoms with Crippen molar-refractivity contribution >= 4 is 21.8 Å². The molecule has 0 aliphatic heterocycles. The first-order valence-corrected chi connectivity index (χ1v) is 6.84. The van der Waals surface area contributed by atoms with E-state index in [0.29, 0.717) is 0 Å². The number of rotatable bonds is 1. The summed E-state index contributed by atoms with van der Waals surface area (Å²) >= 11 is 0. The van der Waals surface area contributed by atoms with Crippen LogP contribution in [0.25, 0.3) is 21.8 Å². The number of hydrogen-bond acceptors (Lipinski definition) is 0. The lowest BCUT2D eigenvalue weighted by molar-refractivity contribution is 0.418. The van der Waals surface area contributed by atoms with Gasteiger partial charge in [0.25, 0.3) is 0 Å². The summed E-state index contributed by atoms with van der Waals surface area (Å²) in [7, 11) is 0. The number of aromatic nitrogens is 1. The molecule has 4 rings (SSSR count). The summed E-state index contributed by atoms with van der Waals surface area (Å²) < 4.78 is 0. The van der Waals surface area contributed by atoms with E-state index in [0.717, 1.165) is 5.92 Å². The fraction of sp³-hybridized carbons (Fsp3) is 0.294. The molecule has 1 heterocycles. The molecule has 0 bridgehead atoms. The summed E-state index contributed by atoms with van der Waals surface area (Å²) in [5.41, 5.74) is 5.53. The van der Waals surface area contributed by atoms with Crippen LogP contribution in [0, 0.1) is 6.92 Å². The third-order valence-electron chi connectivity index (χ3n) is 4.44. The van der Waals surface area contributed by atoms with Gasteiger partial charge >= 0.3 is 0 Å². The fourth-order valence-electron chi connectivity index (χ4n) is 3.18. The normalized spacial score (nSPS) is 16.3. The van der Waals surface area contributed by atoms with Crippen molar-refractivity contribution in [2.24, 2.45) is 0 Å². The van der Waals surface area contributed by atoms with Crippen LogP contribution < -0.4 is 0 Å². The maximum atomic E-state index is 3.52. The van der Waals surface area contributed by atoms with Gasteiger partial charge in [-0.15, -0.1) is 0 Å². The molecule has 1 N–H and O–H groups in total. The van der Waals surface area contributed by atoms with E-state index in [4.69, 9.17) is 0 Å². The van der Waals surface area contributed by atoms with E-state index in [1.54, 1.807) is 5.56 Å². The molecule has 0 amide bonds. The third kappa shape index (κ3) is 1.34. The molecule has 1 fully saturated rings. The van der Waals surface area contributed by atoms with Crippen LogP contribution in [0.15, 0.2) is 36.4 Å². The minimum absolute atomic E-state index is 0.808. The Morgan fingerprint density at radius 1 is 1.00 bits per heavy atom. The molecule has 18 heavy (non-hydrogen) atoms. The zero-order chi connectivity index (χ0) is 12.1. The van der Waals surface area contributed by atoms with Crippen molar-refractivity contribution in [3.63, 3.8) is 0 Å². The van der Waals surface area contributed by atoms with E-state index in [9.17, 15) is 0 Å². The molecule has 0 spiro atoms. The maximum Gasteiger partial charge on any atom is 0.0467 e. The molecule has 90 valence electrons. The molecule has 1 nitrogen and oxygen atoms in total. The molecule has 0 unspecified atom stereocenters. The molecule has 1 aliphatic rings. The second-order valence-electron chi connectivity index (χ2n) is 5.55. The number of para-hydroxylation sites is 1. The third-order valence-corrected chi connectivity index (χ3v) is 4.44. The van der Waals surface area contributed by atoms with E-state index in [1.807, 2.05) is 0 Å². The highest BCUT2D eigenvalue weighted by Gasteiger charge is 2.21. The van der Waals surface area contributed by atoms with Gasteiger partial charge in [-0.2, -0.15) is 0 Å². The molecule has 1 saturated carbocycles. The number of fused-ring (bicyclic) bond motifs is 3. The van der Waals surface area contributed by atoms with Crippen molar-refractivity contribution in [2.45, 2.75) is 32.1 Å². The van der Waals surface area contributed by atoms with Crippen LogP contribution in [-0.2, 0) is 0 Å². The van der Waals surface area contributed by atoms with Crippen molar-refractivity contribution in [3.8, 4) is 0 Å². The highest BCUT2D eigenvalue weighted by atomic mass is 14.7. The molecular weight excluding hydrogens is 218 g/mol. The zero-order valence-corrected chi connectivity index (χ0v) is 10.7. The Bertz CT molecular complexity index is 732. The zero-order valence-electron chi connectivity index (χ0n) is 10.7. The Morgan fingerprint density at radius 2 is 1.83 bits per heavy atom. The maximum absolute atomic E-state index is 3.52. The van der Waals surface area contributed by atoms with Gasteiger partial charge in [0.05, 0.1) is 0 Å². The lowest BCUT2D eigenvalue weighted by atomic mass is 9.78. The first-order chi connectivity index (χ1) is 8.83. The van der Waals surface area contributed by atoms with Crippen molar-refractivity contribution in [1.29, 1.82) is 0 Å². The van der Waals surface area contributed by atoms with Crippen LogP contribution in [0.4, 0.5) is 0 Å². The molecule has 1 aliphatic carbocycles. The molecule has 2 aromatic carbocycles. The molecule has 0 saturated heterocycles. The van der Waals surface area contributed by atoms with Gasteiger partial charge in [0.1, 0.15) is 0 Å². The second-order valence-corrected chi connectivity index (χ2v) is 5.55. The van der Waals surface area contributed by atoms with E-state index in [2.05, 4.69) is 48.3 Å². The SMILES string of the molecule is Cc1cc2[nH]c3ccccc3c2cc1C1CCC1. The average Bonchev–Trinajstić information content (AvgIpc) is 2.65. The number of aryl methyl sites for hydroxylation is 1. The Kier molecular flexibility index (Phi) is 2.05. The molecular formula is C17H17N. The van der Waals surface area contributed by atoms with Crippen LogP contribution in [0.2, 0.25) is 0 Å². The predicted octanol–water partition coefficient (Wildman–Crippen LogP) is 4.90. The number of hydrogen-bond donors (Lipinski definition) is 1. The highest BCUT2D eigenvalue weighted by Crippen LogP contribution is 2.40. The topological polar surface area (TPSA) is 15.8 Å². The summed E-state index contributed by atoms with van der Waals surface area (Å²) in [6.07, 6.45) is 4.14. The van der Waals surface area contributed by atoms with Crippen molar-refractivity contribution in [1.82, 2.24) is 4.98 Å². The lowest BCUT2D eigenvalue weighted by Gasteiger charge is -2.27. The summed E-state index contributed by atoms with van der Waals surface area (Å²) in [6.45, 7) is 2.25. The van der Waals surface area contributed by atoms with Crippen LogP contribution in [0.3, 0.4) is 0 Å². The first kappa shape index (κ1) is 10.2. The minimum Gasteiger partial charge on any atom is -0.355 e. The standard InChI is InChI=1S/C17H17N/c1-11-9-17-15(10-14(11)12-5-4-6-12)13-7-2-3-8-16(13)18-17/h2-3,7-10,12,18H,4-6H2,1H3. The van der Waals surface area contributed by atoms with E-state index in [1.165, 1.54) is 46.6 Å². The Morgan fingerprint density at radius 3 is 2.61 bits per heavy atom. The minimum atomic E-state index is 0.808. The smallest absolute Gasteiger partial charge is 0.0467 e. The highest BCUT2D eigenvalue weighted by molar-refractivity contribution is 6.07. The monoisotopic (exact) mass is 235 g/mol. The molecule has 3 aromatic rings. The summed E-state index contributed by atoms with van der Waals surface area (Å²) in [6, 6.07) is 13.3. The van der Waals surface area contributed by atoms with Crippen molar-refractivity contribution in [3.05, 3.63) is 47.5 Å². The largest absolute Gasteiger partial charge is 0.355 e. The van der Waals surface area contributed by atoms with Crippen molar-refractivity contribution < 1.29 is 0 Å². The van der Waals surface area contributed by atoms with E-state index < -0.39 is 0 Å². The van der Waals surface area contributed by atoms with Crippen LogP contribution >= 0.6 is 0 Å². The molecule has 0 atom stereocenters. The summed E-state index contributed by atoms with van der Waals surface area (Å²) in [5.74, 6) is 0.808. The molecule has 0 radical (unpaired) electrons. The number of nitrogens with one attached hydrogen (secondary N) is 1. The van der Waals surface area contributed by atoms with Crippen LogP contribution in [-0.4, -0.2) is 4.98 Å². The van der Waals surface area contributed by atoms with Crippen LogP contribution in [0.5, 0.6) is 0 Å². The average molecular weight is 235 g/mol. The van der Waals surface area contributed by atoms with E-state index >= 15 is 0 Å². The van der Waals surface area contributed by atoms with Gasteiger partial charge in [-0.3, -0.25) is 0 Å². The summed E-state index contributed by atoms with van der Waals surface area (Å²) in [4.78, 5) is 3.52. The quantitative estimate of drug-likeness (QED) is 0.617.